The fourth-order valence-corrected chi connectivity index (χ4v) is 3.70. The summed E-state index contributed by atoms with van der Waals surface area (Å²) in [6.07, 6.45) is 4.17. The first-order valence-electron chi connectivity index (χ1n) is 10.3. The molecule has 2 heterocycles. The van der Waals surface area contributed by atoms with Crippen LogP contribution in [-0.4, -0.2) is 50.6 Å². The van der Waals surface area contributed by atoms with Gasteiger partial charge in [0.2, 0.25) is 5.91 Å². The lowest BCUT2D eigenvalue weighted by Crippen LogP contribution is -2.42. The Morgan fingerprint density at radius 1 is 1.26 bits per heavy atom. The van der Waals surface area contributed by atoms with Gasteiger partial charge in [0.25, 0.3) is 0 Å². The van der Waals surface area contributed by atoms with E-state index < -0.39 is 0 Å². The van der Waals surface area contributed by atoms with E-state index in [9.17, 15) is 4.79 Å². The zero-order valence-electron chi connectivity index (χ0n) is 18.3. The predicted molar refractivity (Wildman–Crippen MR) is 133 cm³/mol. The molecule has 1 aliphatic heterocycles. The molecule has 0 bridgehead atoms. The molecule has 2 aromatic rings. The number of ether oxygens (including phenoxy) is 1. The Balaban J connectivity index is 0.00000341. The number of rotatable bonds is 8. The van der Waals surface area contributed by atoms with E-state index in [-0.39, 0.29) is 35.9 Å². The van der Waals surface area contributed by atoms with E-state index in [4.69, 9.17) is 9.15 Å². The standard InChI is InChI=1S/C22H31N5O3.HI/c1-16(28)26-18-13-17(8-9-20(18)29-3)14-24-22(23-2)25-15-19(21-7-6-12-30-21)27-10-4-5-11-27;/h6-9,12-13,19H,4-5,10-11,14-15H2,1-3H3,(H,26,28)(H2,23,24,25);1H. The SMILES string of the molecule is CN=C(NCc1ccc(OC)c(NC(C)=O)c1)NCC(c1ccco1)N1CCCC1.I. The molecule has 1 atom stereocenters. The third-order valence-electron chi connectivity index (χ3n) is 5.17. The van der Waals surface area contributed by atoms with Crippen molar-refractivity contribution in [1.82, 2.24) is 15.5 Å². The molecule has 1 aromatic carbocycles. The molecule has 0 spiro atoms. The van der Waals surface area contributed by atoms with Crippen LogP contribution in [-0.2, 0) is 11.3 Å². The highest BCUT2D eigenvalue weighted by Gasteiger charge is 2.25. The van der Waals surface area contributed by atoms with Crippen molar-refractivity contribution in [3.05, 3.63) is 47.9 Å². The van der Waals surface area contributed by atoms with Crippen LogP contribution in [0.5, 0.6) is 5.75 Å². The van der Waals surface area contributed by atoms with Crippen molar-refractivity contribution in [3.63, 3.8) is 0 Å². The van der Waals surface area contributed by atoms with Crippen LogP contribution in [0.25, 0.3) is 0 Å². The van der Waals surface area contributed by atoms with Gasteiger partial charge in [-0.2, -0.15) is 0 Å². The Bertz CT molecular complexity index is 851. The first kappa shape index (κ1) is 25.0. The first-order valence-corrected chi connectivity index (χ1v) is 10.3. The number of likely N-dealkylation sites (tertiary alicyclic amines) is 1. The minimum absolute atomic E-state index is 0. The van der Waals surface area contributed by atoms with Gasteiger partial charge in [-0.1, -0.05) is 6.07 Å². The zero-order chi connectivity index (χ0) is 21.3. The minimum atomic E-state index is -0.137. The average Bonchev–Trinajstić information content (AvgIpc) is 3.45. The maximum absolute atomic E-state index is 11.4. The topological polar surface area (TPSA) is 91.1 Å². The summed E-state index contributed by atoms with van der Waals surface area (Å²) in [7, 11) is 3.34. The second-order valence-electron chi connectivity index (χ2n) is 7.30. The zero-order valence-corrected chi connectivity index (χ0v) is 20.6. The van der Waals surface area contributed by atoms with Crippen LogP contribution < -0.4 is 20.7 Å². The number of carbonyl (C=O) groups is 1. The van der Waals surface area contributed by atoms with Crippen molar-refractivity contribution >= 4 is 41.5 Å². The van der Waals surface area contributed by atoms with Crippen molar-refractivity contribution < 1.29 is 13.9 Å². The van der Waals surface area contributed by atoms with Crippen molar-refractivity contribution in [3.8, 4) is 5.75 Å². The Morgan fingerprint density at radius 3 is 2.65 bits per heavy atom. The summed E-state index contributed by atoms with van der Waals surface area (Å²) >= 11 is 0. The average molecular weight is 541 g/mol. The predicted octanol–water partition coefficient (Wildman–Crippen LogP) is 3.37. The fourth-order valence-electron chi connectivity index (χ4n) is 3.70. The number of aliphatic imine (C=N–C) groups is 1. The number of hydrogen-bond acceptors (Lipinski definition) is 5. The third-order valence-corrected chi connectivity index (χ3v) is 5.17. The number of hydrogen-bond donors (Lipinski definition) is 3. The van der Waals surface area contributed by atoms with Crippen LogP contribution in [0.1, 0.15) is 37.1 Å². The maximum Gasteiger partial charge on any atom is 0.221 e. The van der Waals surface area contributed by atoms with E-state index in [1.54, 1.807) is 20.4 Å². The Labute approximate surface area is 200 Å². The van der Waals surface area contributed by atoms with Crippen LogP contribution >= 0.6 is 24.0 Å². The smallest absolute Gasteiger partial charge is 0.221 e. The molecule has 0 aliphatic carbocycles. The molecule has 1 amide bonds. The number of nitrogens with one attached hydrogen (secondary N) is 3. The van der Waals surface area contributed by atoms with Crippen LogP contribution in [0.15, 0.2) is 46.0 Å². The quantitative estimate of drug-likeness (QED) is 0.270. The summed E-state index contributed by atoms with van der Waals surface area (Å²) < 4.78 is 11.0. The Morgan fingerprint density at radius 2 is 2.03 bits per heavy atom. The summed E-state index contributed by atoms with van der Waals surface area (Å²) in [6, 6.07) is 9.84. The lowest BCUT2D eigenvalue weighted by Gasteiger charge is -2.26. The van der Waals surface area contributed by atoms with Crippen LogP contribution in [0.2, 0.25) is 0 Å². The number of halogens is 1. The van der Waals surface area contributed by atoms with Gasteiger partial charge in [-0.25, -0.2) is 0 Å². The van der Waals surface area contributed by atoms with Gasteiger partial charge in [-0.05, 0) is 55.8 Å². The number of anilines is 1. The number of benzene rings is 1. The van der Waals surface area contributed by atoms with Gasteiger partial charge in [-0.15, -0.1) is 24.0 Å². The Kier molecular flexibility index (Phi) is 10.1. The number of carbonyl (C=O) groups excluding carboxylic acids is 1. The first-order chi connectivity index (χ1) is 14.6. The lowest BCUT2D eigenvalue weighted by molar-refractivity contribution is -0.114. The van der Waals surface area contributed by atoms with Crippen molar-refractivity contribution in [2.75, 3.05) is 39.1 Å². The molecule has 3 rings (SSSR count). The number of guanidine groups is 1. The molecule has 1 fully saturated rings. The van der Waals surface area contributed by atoms with Crippen molar-refractivity contribution in [2.45, 2.75) is 32.4 Å². The molecule has 3 N–H and O–H groups in total. The molecule has 1 saturated heterocycles. The van der Waals surface area contributed by atoms with Gasteiger partial charge in [0, 0.05) is 27.1 Å². The highest BCUT2D eigenvalue weighted by molar-refractivity contribution is 14.0. The molecule has 170 valence electrons. The van der Waals surface area contributed by atoms with Gasteiger partial charge >= 0.3 is 0 Å². The third kappa shape index (κ3) is 7.13. The molecule has 0 radical (unpaired) electrons. The number of nitrogens with zero attached hydrogens (tertiary/aromatic N) is 2. The van der Waals surface area contributed by atoms with E-state index in [1.807, 2.05) is 30.3 Å². The minimum Gasteiger partial charge on any atom is -0.495 e. The lowest BCUT2D eigenvalue weighted by atomic mass is 10.1. The summed E-state index contributed by atoms with van der Waals surface area (Å²) in [4.78, 5) is 18.2. The molecule has 9 heteroatoms. The molecule has 1 aliphatic rings. The summed E-state index contributed by atoms with van der Waals surface area (Å²) in [5.74, 6) is 2.17. The molecule has 1 aromatic heterocycles. The van der Waals surface area contributed by atoms with E-state index in [2.05, 4.69) is 25.8 Å². The van der Waals surface area contributed by atoms with Crippen LogP contribution in [0.4, 0.5) is 5.69 Å². The van der Waals surface area contributed by atoms with E-state index in [1.165, 1.54) is 19.8 Å². The second kappa shape index (κ2) is 12.6. The molecular weight excluding hydrogens is 509 g/mol. The largest absolute Gasteiger partial charge is 0.495 e. The van der Waals surface area contributed by atoms with Gasteiger partial charge < -0.3 is 25.1 Å². The number of amides is 1. The molecule has 31 heavy (non-hydrogen) atoms. The van der Waals surface area contributed by atoms with Crippen molar-refractivity contribution in [1.29, 1.82) is 0 Å². The van der Waals surface area contributed by atoms with Crippen LogP contribution in [0.3, 0.4) is 0 Å². The molecular formula is C22H32IN5O3. The molecule has 8 nitrogen and oxygen atoms in total. The van der Waals surface area contributed by atoms with Gasteiger partial charge in [0.1, 0.15) is 11.5 Å². The monoisotopic (exact) mass is 541 g/mol. The Hall–Kier alpha value is -2.27. The highest BCUT2D eigenvalue weighted by atomic mass is 127. The number of furan rings is 1. The van der Waals surface area contributed by atoms with E-state index in [0.717, 1.165) is 24.4 Å². The number of methoxy groups -OCH3 is 1. The van der Waals surface area contributed by atoms with E-state index >= 15 is 0 Å². The fraction of sp³-hybridized carbons (Fsp3) is 0.455. The molecule has 1 unspecified atom stereocenters. The van der Waals surface area contributed by atoms with Gasteiger partial charge in [-0.3, -0.25) is 14.7 Å². The van der Waals surface area contributed by atoms with Gasteiger partial charge in [0.15, 0.2) is 5.96 Å². The molecule has 0 saturated carbocycles. The summed E-state index contributed by atoms with van der Waals surface area (Å²) in [6.45, 7) is 4.90. The van der Waals surface area contributed by atoms with Crippen LogP contribution in [0, 0.1) is 0 Å². The highest BCUT2D eigenvalue weighted by Crippen LogP contribution is 2.26. The maximum atomic E-state index is 11.4. The summed E-state index contributed by atoms with van der Waals surface area (Å²) in [5.41, 5.74) is 1.66. The normalized spacial score (nSPS) is 15.1. The van der Waals surface area contributed by atoms with Gasteiger partial charge in [0.05, 0.1) is 25.1 Å². The van der Waals surface area contributed by atoms with Crippen molar-refractivity contribution in [2.24, 2.45) is 4.99 Å². The van der Waals surface area contributed by atoms with E-state index in [0.29, 0.717) is 30.5 Å². The second-order valence-corrected chi connectivity index (χ2v) is 7.30. The summed E-state index contributed by atoms with van der Waals surface area (Å²) in [5, 5.41) is 9.55.